The Morgan fingerprint density at radius 2 is 1.95 bits per heavy atom. The summed E-state index contributed by atoms with van der Waals surface area (Å²) in [4.78, 5) is 17.4. The summed E-state index contributed by atoms with van der Waals surface area (Å²) >= 11 is 6.11. The largest absolute Gasteiger partial charge is 0.375 e. The molecule has 104 valence electrons. The highest BCUT2D eigenvalue weighted by Crippen LogP contribution is 2.32. The summed E-state index contributed by atoms with van der Waals surface area (Å²) in [5.41, 5.74) is 1.23. The van der Waals surface area contributed by atoms with Gasteiger partial charge in [0, 0.05) is 14.1 Å². The Labute approximate surface area is 121 Å². The quantitative estimate of drug-likeness (QED) is 0.884. The standard InChI is InChI=1S/C14H13ClFN3O/c1-19(2)13-9(15)5-3-6-10(13)18-14(20)11-7-4-8-12(16)17-11/h3-8H,1-2H3,(H,18,20). The zero-order valence-electron chi connectivity index (χ0n) is 11.0. The predicted octanol–water partition coefficient (Wildman–Crippen LogP) is 3.19. The number of pyridine rings is 1. The number of aromatic nitrogens is 1. The average Bonchev–Trinajstić information content (AvgIpc) is 2.38. The lowest BCUT2D eigenvalue weighted by molar-refractivity contribution is 0.102. The number of carbonyl (C=O) groups excluding carboxylic acids is 1. The molecule has 6 heteroatoms. The normalized spacial score (nSPS) is 10.2. The second kappa shape index (κ2) is 5.88. The van der Waals surface area contributed by atoms with Crippen LogP contribution in [-0.2, 0) is 0 Å². The zero-order valence-corrected chi connectivity index (χ0v) is 11.8. The highest BCUT2D eigenvalue weighted by molar-refractivity contribution is 6.34. The fourth-order valence-electron chi connectivity index (χ4n) is 1.79. The SMILES string of the molecule is CN(C)c1c(Cl)cccc1NC(=O)c1cccc(F)n1. The first-order valence-electron chi connectivity index (χ1n) is 5.89. The van der Waals surface area contributed by atoms with E-state index in [0.717, 1.165) is 0 Å². The van der Waals surface area contributed by atoms with Gasteiger partial charge in [-0.3, -0.25) is 4.79 Å². The molecular formula is C14H13ClFN3O. The van der Waals surface area contributed by atoms with Gasteiger partial charge >= 0.3 is 0 Å². The molecule has 0 spiro atoms. The molecule has 0 atom stereocenters. The van der Waals surface area contributed by atoms with Crippen LogP contribution in [0.15, 0.2) is 36.4 Å². The van der Waals surface area contributed by atoms with E-state index in [1.54, 1.807) is 23.1 Å². The van der Waals surface area contributed by atoms with Gasteiger partial charge in [0.15, 0.2) is 0 Å². The average molecular weight is 294 g/mol. The van der Waals surface area contributed by atoms with Crippen molar-refractivity contribution < 1.29 is 9.18 Å². The van der Waals surface area contributed by atoms with E-state index in [1.807, 2.05) is 14.1 Å². The molecule has 2 aromatic rings. The minimum absolute atomic E-state index is 0.00896. The summed E-state index contributed by atoms with van der Waals surface area (Å²) in [6.07, 6.45) is 0. The van der Waals surface area contributed by atoms with E-state index in [-0.39, 0.29) is 5.69 Å². The number of amides is 1. The third kappa shape index (κ3) is 3.05. The van der Waals surface area contributed by atoms with Crippen molar-refractivity contribution in [2.75, 3.05) is 24.3 Å². The van der Waals surface area contributed by atoms with Crippen LogP contribution in [0, 0.1) is 5.95 Å². The van der Waals surface area contributed by atoms with Crippen LogP contribution in [-0.4, -0.2) is 25.0 Å². The molecule has 4 nitrogen and oxygen atoms in total. The van der Waals surface area contributed by atoms with Gasteiger partial charge in [0.25, 0.3) is 5.91 Å². The molecule has 0 bridgehead atoms. The van der Waals surface area contributed by atoms with Gasteiger partial charge in [0.05, 0.1) is 16.4 Å². The van der Waals surface area contributed by atoms with Crippen molar-refractivity contribution >= 4 is 28.9 Å². The van der Waals surface area contributed by atoms with E-state index in [0.29, 0.717) is 16.4 Å². The van der Waals surface area contributed by atoms with Crippen LogP contribution < -0.4 is 10.2 Å². The van der Waals surface area contributed by atoms with Crippen LogP contribution in [0.4, 0.5) is 15.8 Å². The topological polar surface area (TPSA) is 45.2 Å². The van der Waals surface area contributed by atoms with Crippen LogP contribution in [0.1, 0.15) is 10.5 Å². The minimum Gasteiger partial charge on any atom is -0.375 e. The predicted molar refractivity (Wildman–Crippen MR) is 77.9 cm³/mol. The fourth-order valence-corrected chi connectivity index (χ4v) is 2.14. The first kappa shape index (κ1) is 14.3. The Balaban J connectivity index is 2.31. The Morgan fingerprint density at radius 3 is 2.60 bits per heavy atom. The number of para-hydroxylation sites is 1. The van der Waals surface area contributed by atoms with Gasteiger partial charge in [-0.05, 0) is 24.3 Å². The Hall–Kier alpha value is -2.14. The Bertz CT molecular complexity index is 646. The number of rotatable bonds is 3. The third-order valence-corrected chi connectivity index (χ3v) is 2.93. The molecule has 1 heterocycles. The lowest BCUT2D eigenvalue weighted by atomic mass is 10.2. The monoisotopic (exact) mass is 293 g/mol. The van der Waals surface area contributed by atoms with Gasteiger partial charge in [-0.2, -0.15) is 4.39 Å². The second-order valence-electron chi connectivity index (χ2n) is 4.33. The molecule has 1 amide bonds. The molecule has 0 aliphatic carbocycles. The van der Waals surface area contributed by atoms with Crippen LogP contribution in [0.3, 0.4) is 0 Å². The molecule has 0 saturated heterocycles. The molecule has 0 saturated carbocycles. The van der Waals surface area contributed by atoms with Crippen LogP contribution in [0.2, 0.25) is 5.02 Å². The third-order valence-electron chi connectivity index (χ3n) is 2.63. The molecule has 0 radical (unpaired) electrons. The molecule has 0 aliphatic heterocycles. The van der Waals surface area contributed by atoms with Gasteiger partial charge in [-0.25, -0.2) is 4.98 Å². The number of anilines is 2. The van der Waals surface area contributed by atoms with Gasteiger partial charge in [0.1, 0.15) is 5.69 Å². The van der Waals surface area contributed by atoms with Crippen molar-refractivity contribution in [3.63, 3.8) is 0 Å². The summed E-state index contributed by atoms with van der Waals surface area (Å²) in [6.45, 7) is 0. The lowest BCUT2D eigenvalue weighted by Crippen LogP contribution is -2.18. The maximum Gasteiger partial charge on any atom is 0.274 e. The Kier molecular flexibility index (Phi) is 4.20. The van der Waals surface area contributed by atoms with E-state index in [1.165, 1.54) is 18.2 Å². The van der Waals surface area contributed by atoms with E-state index < -0.39 is 11.9 Å². The summed E-state index contributed by atoms with van der Waals surface area (Å²) in [5.74, 6) is -1.19. The van der Waals surface area contributed by atoms with E-state index in [4.69, 9.17) is 11.6 Å². The number of carbonyl (C=O) groups is 1. The van der Waals surface area contributed by atoms with Crippen molar-refractivity contribution in [3.8, 4) is 0 Å². The molecule has 1 aromatic carbocycles. The maximum atomic E-state index is 13.0. The van der Waals surface area contributed by atoms with Gasteiger partial charge < -0.3 is 10.2 Å². The van der Waals surface area contributed by atoms with Crippen molar-refractivity contribution in [3.05, 3.63) is 53.1 Å². The minimum atomic E-state index is -0.698. The van der Waals surface area contributed by atoms with Crippen LogP contribution >= 0.6 is 11.6 Å². The molecule has 2 rings (SSSR count). The van der Waals surface area contributed by atoms with Crippen molar-refractivity contribution in [1.82, 2.24) is 4.98 Å². The number of benzene rings is 1. The smallest absolute Gasteiger partial charge is 0.274 e. The first-order chi connectivity index (χ1) is 9.49. The van der Waals surface area contributed by atoms with Crippen LogP contribution in [0.25, 0.3) is 0 Å². The number of nitrogens with zero attached hydrogens (tertiary/aromatic N) is 2. The molecule has 20 heavy (non-hydrogen) atoms. The number of hydrogen-bond donors (Lipinski definition) is 1. The second-order valence-corrected chi connectivity index (χ2v) is 4.74. The fraction of sp³-hybridized carbons (Fsp3) is 0.143. The van der Waals surface area contributed by atoms with E-state index >= 15 is 0 Å². The summed E-state index contributed by atoms with van der Waals surface area (Å²) in [5, 5.41) is 3.20. The zero-order chi connectivity index (χ0) is 14.7. The Morgan fingerprint density at radius 1 is 1.25 bits per heavy atom. The van der Waals surface area contributed by atoms with Crippen molar-refractivity contribution in [2.45, 2.75) is 0 Å². The maximum absolute atomic E-state index is 13.0. The molecule has 1 aromatic heterocycles. The van der Waals surface area contributed by atoms with Crippen molar-refractivity contribution in [2.24, 2.45) is 0 Å². The summed E-state index contributed by atoms with van der Waals surface area (Å²) in [6, 6.07) is 9.23. The molecule has 0 unspecified atom stereocenters. The van der Waals surface area contributed by atoms with Gasteiger partial charge in [-0.1, -0.05) is 23.7 Å². The number of nitrogens with one attached hydrogen (secondary N) is 1. The summed E-state index contributed by atoms with van der Waals surface area (Å²) < 4.78 is 13.0. The molecule has 1 N–H and O–H groups in total. The highest BCUT2D eigenvalue weighted by Gasteiger charge is 2.14. The van der Waals surface area contributed by atoms with E-state index in [9.17, 15) is 9.18 Å². The number of halogens is 2. The van der Waals surface area contributed by atoms with Gasteiger partial charge in [-0.15, -0.1) is 0 Å². The van der Waals surface area contributed by atoms with Crippen molar-refractivity contribution in [1.29, 1.82) is 0 Å². The van der Waals surface area contributed by atoms with E-state index in [2.05, 4.69) is 10.3 Å². The highest BCUT2D eigenvalue weighted by atomic mass is 35.5. The molecule has 0 fully saturated rings. The first-order valence-corrected chi connectivity index (χ1v) is 6.26. The number of hydrogen-bond acceptors (Lipinski definition) is 3. The molecule has 0 aliphatic rings. The lowest BCUT2D eigenvalue weighted by Gasteiger charge is -2.19. The molecular weight excluding hydrogens is 281 g/mol. The van der Waals surface area contributed by atoms with Gasteiger partial charge in [0.2, 0.25) is 5.95 Å². The van der Waals surface area contributed by atoms with Crippen LogP contribution in [0.5, 0.6) is 0 Å². The summed E-state index contributed by atoms with van der Waals surface area (Å²) in [7, 11) is 3.63.